The van der Waals surface area contributed by atoms with Crippen LogP contribution in [0.5, 0.6) is 0 Å². The summed E-state index contributed by atoms with van der Waals surface area (Å²) in [5.74, 6) is 0. The van der Waals surface area contributed by atoms with E-state index >= 15 is 0 Å². The van der Waals surface area contributed by atoms with E-state index in [1.54, 1.807) is 0 Å². The van der Waals surface area contributed by atoms with Gasteiger partial charge in [-0.25, -0.2) is 0 Å². The molecule has 0 atom stereocenters. The summed E-state index contributed by atoms with van der Waals surface area (Å²) in [5, 5.41) is 0. The Morgan fingerprint density at radius 2 is 1.48 bits per heavy atom. The van der Waals surface area contributed by atoms with Gasteiger partial charge in [0.05, 0.1) is 13.1 Å². The van der Waals surface area contributed by atoms with Crippen molar-refractivity contribution in [3.05, 3.63) is 77.9 Å². The summed E-state index contributed by atoms with van der Waals surface area (Å²) in [6.45, 7) is 8.84. The largest absolute Gasteiger partial charge is 1.00 e. The molecule has 0 unspecified atom stereocenters. The van der Waals surface area contributed by atoms with Crippen molar-refractivity contribution in [3.63, 3.8) is 0 Å². The van der Waals surface area contributed by atoms with E-state index in [9.17, 15) is 0 Å². The fraction of sp³-hybridized carbons (Fsp3) is 0.333. The lowest BCUT2D eigenvalue weighted by Gasteiger charge is -2.42. The smallest absolute Gasteiger partial charge is 0.105 e. The molecule has 0 aliphatic carbocycles. The Morgan fingerprint density at radius 3 is 2.17 bits per heavy atom. The molecule has 3 rings (SSSR count). The van der Waals surface area contributed by atoms with Gasteiger partial charge in [-0.1, -0.05) is 67.3 Å². The monoisotopic (exact) mass is 327 g/mol. The molecule has 2 aromatic carbocycles. The molecular formula is C21H26ClN. The van der Waals surface area contributed by atoms with Gasteiger partial charge in [0.25, 0.3) is 0 Å². The van der Waals surface area contributed by atoms with Crippen molar-refractivity contribution in [1.29, 1.82) is 0 Å². The second-order valence-corrected chi connectivity index (χ2v) is 6.55. The summed E-state index contributed by atoms with van der Waals surface area (Å²) in [6, 6.07) is 19.7. The van der Waals surface area contributed by atoms with Gasteiger partial charge < -0.3 is 16.9 Å². The molecule has 1 heterocycles. The van der Waals surface area contributed by atoms with Crippen LogP contribution in [0.1, 0.15) is 36.0 Å². The minimum Gasteiger partial charge on any atom is -1.00 e. The van der Waals surface area contributed by atoms with Gasteiger partial charge in [-0.05, 0) is 24.8 Å². The summed E-state index contributed by atoms with van der Waals surface area (Å²) in [5.41, 5.74) is 4.19. The molecule has 1 aliphatic rings. The maximum absolute atomic E-state index is 3.98. The molecule has 122 valence electrons. The average Bonchev–Trinajstić information content (AvgIpc) is 2.57. The molecule has 0 spiro atoms. The molecule has 1 nitrogen and oxygen atoms in total. The first kappa shape index (κ1) is 17.8. The Morgan fingerprint density at radius 1 is 0.826 bits per heavy atom. The number of piperidine rings is 1. The number of likely N-dealkylation sites (tertiary alicyclic amines) is 1. The van der Waals surface area contributed by atoms with Crippen molar-refractivity contribution in [2.45, 2.75) is 32.4 Å². The minimum absolute atomic E-state index is 0. The molecule has 1 aliphatic heterocycles. The Hall–Kier alpha value is -1.57. The van der Waals surface area contributed by atoms with Crippen molar-refractivity contribution < 1.29 is 16.9 Å². The molecule has 0 bridgehead atoms. The van der Waals surface area contributed by atoms with Crippen molar-refractivity contribution in [1.82, 2.24) is 0 Å². The standard InChI is InChI=1S/C21H26N.ClH/c1-2-20-13-7-8-14-21(20)18-22(15-9-4-10-16-22)17-19-11-5-3-6-12-19;/h2-3,5-8,11-14H,1,4,9-10,15-18H2;1H/q+1;/p-1. The maximum Gasteiger partial charge on any atom is 0.105 e. The van der Waals surface area contributed by atoms with E-state index in [0.717, 1.165) is 13.1 Å². The number of rotatable bonds is 5. The number of quaternary nitrogens is 1. The van der Waals surface area contributed by atoms with Crippen LogP contribution in [-0.4, -0.2) is 17.6 Å². The van der Waals surface area contributed by atoms with E-state index in [-0.39, 0.29) is 12.4 Å². The zero-order chi connectivity index (χ0) is 15.3. The van der Waals surface area contributed by atoms with Crippen LogP contribution >= 0.6 is 0 Å². The number of nitrogens with zero attached hydrogens (tertiary/aromatic N) is 1. The van der Waals surface area contributed by atoms with E-state index in [0.29, 0.717) is 0 Å². The molecule has 1 fully saturated rings. The zero-order valence-electron chi connectivity index (χ0n) is 13.8. The van der Waals surface area contributed by atoms with Crippen LogP contribution in [0, 0.1) is 0 Å². The molecular weight excluding hydrogens is 302 g/mol. The first-order valence-electron chi connectivity index (χ1n) is 8.41. The fourth-order valence-corrected chi connectivity index (χ4v) is 3.76. The summed E-state index contributed by atoms with van der Waals surface area (Å²) < 4.78 is 1.19. The number of halogens is 1. The third-order valence-electron chi connectivity index (χ3n) is 4.91. The van der Waals surface area contributed by atoms with E-state index in [1.165, 1.54) is 53.5 Å². The molecule has 0 aromatic heterocycles. The molecule has 2 heteroatoms. The van der Waals surface area contributed by atoms with Crippen LogP contribution in [0.2, 0.25) is 0 Å². The Balaban J connectivity index is 0.00000192. The van der Waals surface area contributed by atoms with Gasteiger partial charge in [-0.3, -0.25) is 0 Å². The van der Waals surface area contributed by atoms with Gasteiger partial charge in [0.1, 0.15) is 13.1 Å². The second-order valence-electron chi connectivity index (χ2n) is 6.55. The van der Waals surface area contributed by atoms with Crippen LogP contribution in [-0.2, 0) is 13.1 Å². The highest BCUT2D eigenvalue weighted by molar-refractivity contribution is 5.51. The zero-order valence-corrected chi connectivity index (χ0v) is 14.5. The predicted molar refractivity (Wildman–Crippen MR) is 94.2 cm³/mol. The summed E-state index contributed by atoms with van der Waals surface area (Å²) in [6.07, 6.45) is 6.09. The number of benzene rings is 2. The average molecular weight is 328 g/mol. The minimum atomic E-state index is 0. The van der Waals surface area contributed by atoms with E-state index in [2.05, 4.69) is 61.2 Å². The highest BCUT2D eigenvalue weighted by Crippen LogP contribution is 2.27. The summed E-state index contributed by atoms with van der Waals surface area (Å²) in [7, 11) is 0. The van der Waals surface area contributed by atoms with Crippen molar-refractivity contribution in [2.24, 2.45) is 0 Å². The first-order valence-corrected chi connectivity index (χ1v) is 8.41. The molecule has 23 heavy (non-hydrogen) atoms. The van der Waals surface area contributed by atoms with Gasteiger partial charge in [-0.15, -0.1) is 0 Å². The Kier molecular flexibility index (Phi) is 6.44. The highest BCUT2D eigenvalue weighted by atomic mass is 35.5. The predicted octanol–water partition coefficient (Wildman–Crippen LogP) is 2.03. The molecule has 0 amide bonds. The third-order valence-corrected chi connectivity index (χ3v) is 4.91. The van der Waals surface area contributed by atoms with Crippen LogP contribution in [0.4, 0.5) is 0 Å². The highest BCUT2D eigenvalue weighted by Gasteiger charge is 2.30. The molecule has 0 radical (unpaired) electrons. The van der Waals surface area contributed by atoms with Crippen LogP contribution in [0.15, 0.2) is 61.2 Å². The summed E-state index contributed by atoms with van der Waals surface area (Å²) in [4.78, 5) is 0. The second kappa shape index (κ2) is 8.33. The van der Waals surface area contributed by atoms with E-state index in [4.69, 9.17) is 0 Å². The lowest BCUT2D eigenvalue weighted by atomic mass is 10.0. The SMILES string of the molecule is C=Cc1ccccc1C[N+]1(Cc2ccccc2)CCCCC1.[Cl-]. The molecule has 0 saturated carbocycles. The van der Waals surface area contributed by atoms with Gasteiger partial charge in [0.2, 0.25) is 0 Å². The lowest BCUT2D eigenvalue weighted by Crippen LogP contribution is -3.00. The number of hydrogen-bond acceptors (Lipinski definition) is 0. The van der Waals surface area contributed by atoms with Crippen LogP contribution < -0.4 is 12.4 Å². The maximum atomic E-state index is 3.98. The fourth-order valence-electron chi connectivity index (χ4n) is 3.76. The topological polar surface area (TPSA) is 0 Å². The van der Waals surface area contributed by atoms with Gasteiger partial charge >= 0.3 is 0 Å². The van der Waals surface area contributed by atoms with Crippen molar-refractivity contribution in [3.8, 4) is 0 Å². The third kappa shape index (κ3) is 4.46. The molecule has 2 aromatic rings. The molecule has 0 N–H and O–H groups in total. The quantitative estimate of drug-likeness (QED) is 0.737. The van der Waals surface area contributed by atoms with Crippen LogP contribution in [0.25, 0.3) is 6.08 Å². The van der Waals surface area contributed by atoms with Crippen LogP contribution in [0.3, 0.4) is 0 Å². The van der Waals surface area contributed by atoms with Crippen molar-refractivity contribution >= 4 is 6.08 Å². The number of hydrogen-bond donors (Lipinski definition) is 0. The van der Waals surface area contributed by atoms with Gasteiger partial charge in [0, 0.05) is 11.1 Å². The van der Waals surface area contributed by atoms with E-state index in [1.807, 2.05) is 6.08 Å². The Bertz CT molecular complexity index is 615. The normalized spacial score (nSPS) is 16.3. The lowest BCUT2D eigenvalue weighted by molar-refractivity contribution is -0.957. The van der Waals surface area contributed by atoms with Crippen molar-refractivity contribution in [2.75, 3.05) is 13.1 Å². The summed E-state index contributed by atoms with van der Waals surface area (Å²) >= 11 is 0. The van der Waals surface area contributed by atoms with Gasteiger partial charge in [-0.2, -0.15) is 0 Å². The van der Waals surface area contributed by atoms with Gasteiger partial charge in [0.15, 0.2) is 0 Å². The molecule has 1 saturated heterocycles. The first-order chi connectivity index (χ1) is 10.8. The Labute approximate surface area is 146 Å². The van der Waals surface area contributed by atoms with E-state index < -0.39 is 0 Å².